The molecule has 0 atom stereocenters. The van der Waals surface area contributed by atoms with E-state index in [4.69, 9.17) is 0 Å². The maximum absolute atomic E-state index is 2.31. The molecule has 0 aliphatic carbocycles. The van der Waals surface area contributed by atoms with Gasteiger partial charge in [0.15, 0.2) is 0 Å². The smallest absolute Gasteiger partial charge is 0.133 e. The van der Waals surface area contributed by atoms with Gasteiger partial charge in [0, 0.05) is 25.3 Å². The van der Waals surface area contributed by atoms with Crippen molar-refractivity contribution < 1.29 is 5.32 Å². The van der Waals surface area contributed by atoms with Crippen LogP contribution in [-0.2, 0) is 5.41 Å². The minimum atomic E-state index is 0.128. The Hall–Kier alpha value is -2.06. The zero-order valence-electron chi connectivity index (χ0n) is 15.0. The molecule has 0 heterocycles. The zero-order chi connectivity index (χ0) is 16.9. The van der Waals surface area contributed by atoms with E-state index in [2.05, 4.69) is 106 Å². The summed E-state index contributed by atoms with van der Waals surface area (Å²) in [6.45, 7) is 4.63. The van der Waals surface area contributed by atoms with Crippen molar-refractivity contribution >= 4 is 17.5 Å². The van der Waals surface area contributed by atoms with Crippen molar-refractivity contribution in [2.45, 2.75) is 25.7 Å². The predicted molar refractivity (Wildman–Crippen MR) is 101 cm³/mol. The number of anilines is 1. The van der Waals surface area contributed by atoms with Gasteiger partial charge in [0.1, 0.15) is 5.69 Å². The van der Waals surface area contributed by atoms with Crippen LogP contribution in [0.2, 0.25) is 0 Å². The first-order valence-electron chi connectivity index (χ1n) is 8.27. The molecule has 0 amide bonds. The average molecular weight is 309 g/mol. The molecule has 2 rings (SSSR count). The lowest BCUT2D eigenvalue weighted by atomic mass is 9.80. The van der Waals surface area contributed by atoms with Crippen molar-refractivity contribution in [1.29, 1.82) is 0 Å². The van der Waals surface area contributed by atoms with Crippen LogP contribution in [0.15, 0.2) is 54.6 Å². The van der Waals surface area contributed by atoms with E-state index in [1.165, 1.54) is 22.5 Å². The molecule has 2 nitrogen and oxygen atoms in total. The third-order valence-electron chi connectivity index (χ3n) is 4.35. The van der Waals surface area contributed by atoms with Gasteiger partial charge in [-0.25, -0.2) is 0 Å². The molecule has 0 bridgehead atoms. The molecule has 0 aliphatic rings. The van der Waals surface area contributed by atoms with Crippen LogP contribution in [0.1, 0.15) is 31.4 Å². The highest BCUT2D eigenvalue weighted by atomic mass is 15.1. The standard InChI is InChI=1S/C21H28N2/c1-21(2,19-10-6-7-11-20(19)22-3)16-8-9-17-12-14-18(15-13-17)23(4)5/h6-15,22H,16H2,1-5H3/p+1/b9-8+. The fourth-order valence-corrected chi connectivity index (χ4v) is 2.85. The summed E-state index contributed by atoms with van der Waals surface area (Å²) in [6.07, 6.45) is 5.53. The number of benzene rings is 2. The predicted octanol–water partition coefficient (Wildman–Crippen LogP) is 3.96. The van der Waals surface area contributed by atoms with Crippen molar-refractivity contribution in [2.24, 2.45) is 0 Å². The summed E-state index contributed by atoms with van der Waals surface area (Å²) in [6, 6.07) is 17.3. The van der Waals surface area contributed by atoms with E-state index >= 15 is 0 Å². The maximum atomic E-state index is 2.31. The second kappa shape index (κ2) is 7.47. The first-order chi connectivity index (χ1) is 10.9. The number of para-hydroxylation sites is 1. The molecule has 23 heavy (non-hydrogen) atoms. The summed E-state index contributed by atoms with van der Waals surface area (Å²) in [7, 11) is 6.24. The molecule has 0 fully saturated rings. The first kappa shape index (κ1) is 17.3. The Labute approximate surface area is 140 Å². The van der Waals surface area contributed by atoms with Crippen LogP contribution in [0.5, 0.6) is 0 Å². The second-order valence-corrected chi connectivity index (χ2v) is 6.85. The number of nitrogens with two attached hydrogens (primary N) is 1. The Balaban J connectivity index is 2.09. The lowest BCUT2D eigenvalue weighted by molar-refractivity contribution is -0.540. The molecule has 0 spiro atoms. The van der Waals surface area contributed by atoms with Gasteiger partial charge in [0.2, 0.25) is 0 Å². The van der Waals surface area contributed by atoms with Crippen LogP contribution in [0.3, 0.4) is 0 Å². The molecule has 2 aromatic rings. The molecule has 0 aliphatic heterocycles. The quantitative estimate of drug-likeness (QED) is 0.801. The zero-order valence-corrected chi connectivity index (χ0v) is 15.0. The van der Waals surface area contributed by atoms with Gasteiger partial charge >= 0.3 is 0 Å². The molecule has 0 unspecified atom stereocenters. The van der Waals surface area contributed by atoms with Gasteiger partial charge < -0.3 is 10.2 Å². The van der Waals surface area contributed by atoms with Gasteiger partial charge in [-0.1, -0.05) is 56.3 Å². The van der Waals surface area contributed by atoms with Crippen LogP contribution in [0.25, 0.3) is 6.08 Å². The minimum Gasteiger partial charge on any atom is -0.378 e. The molecule has 0 radical (unpaired) electrons. The molecule has 0 saturated carbocycles. The van der Waals surface area contributed by atoms with E-state index in [1.807, 2.05) is 0 Å². The van der Waals surface area contributed by atoms with Crippen LogP contribution >= 0.6 is 0 Å². The molecule has 2 N–H and O–H groups in total. The Morgan fingerprint density at radius 3 is 2.26 bits per heavy atom. The molecule has 0 aromatic heterocycles. The molecule has 0 saturated heterocycles. The van der Waals surface area contributed by atoms with E-state index in [0.29, 0.717) is 0 Å². The van der Waals surface area contributed by atoms with Crippen molar-refractivity contribution in [1.82, 2.24) is 0 Å². The van der Waals surface area contributed by atoms with Crippen LogP contribution < -0.4 is 10.2 Å². The summed E-state index contributed by atoms with van der Waals surface area (Å²) < 4.78 is 0. The van der Waals surface area contributed by atoms with Gasteiger partial charge in [-0.3, -0.25) is 0 Å². The van der Waals surface area contributed by atoms with Crippen LogP contribution in [0.4, 0.5) is 11.4 Å². The molecule has 2 heteroatoms. The topological polar surface area (TPSA) is 19.9 Å². The second-order valence-electron chi connectivity index (χ2n) is 6.85. The normalized spacial score (nSPS) is 11.9. The van der Waals surface area contributed by atoms with Gasteiger partial charge in [-0.15, -0.1) is 0 Å². The largest absolute Gasteiger partial charge is 0.378 e. The van der Waals surface area contributed by atoms with Crippen molar-refractivity contribution in [3.8, 4) is 0 Å². The molecule has 122 valence electrons. The summed E-state index contributed by atoms with van der Waals surface area (Å²) in [4.78, 5) is 2.12. The van der Waals surface area contributed by atoms with E-state index in [9.17, 15) is 0 Å². The number of allylic oxidation sites excluding steroid dienone is 1. The van der Waals surface area contributed by atoms with Gasteiger partial charge in [-0.05, 0) is 35.6 Å². The van der Waals surface area contributed by atoms with E-state index in [-0.39, 0.29) is 5.41 Å². The maximum Gasteiger partial charge on any atom is 0.133 e. The lowest BCUT2D eigenvalue weighted by Gasteiger charge is -2.24. The highest BCUT2D eigenvalue weighted by molar-refractivity contribution is 5.55. The molecular weight excluding hydrogens is 280 g/mol. The Bertz CT molecular complexity index is 652. The molecular formula is C21H29N2+. The van der Waals surface area contributed by atoms with Gasteiger partial charge in [0.05, 0.1) is 7.05 Å². The van der Waals surface area contributed by atoms with E-state index < -0.39 is 0 Å². The van der Waals surface area contributed by atoms with Gasteiger partial charge in [0.25, 0.3) is 0 Å². The summed E-state index contributed by atoms with van der Waals surface area (Å²) in [5, 5.41) is 2.20. The summed E-state index contributed by atoms with van der Waals surface area (Å²) in [5.74, 6) is 0. The third kappa shape index (κ3) is 4.46. The van der Waals surface area contributed by atoms with Crippen molar-refractivity contribution in [3.63, 3.8) is 0 Å². The van der Waals surface area contributed by atoms with Crippen molar-refractivity contribution in [2.75, 3.05) is 26.0 Å². The minimum absolute atomic E-state index is 0.128. The summed E-state index contributed by atoms with van der Waals surface area (Å²) in [5.41, 5.74) is 5.36. The number of rotatable bonds is 6. The fraction of sp³-hybridized carbons (Fsp3) is 0.333. The highest BCUT2D eigenvalue weighted by Gasteiger charge is 2.23. The molecule has 2 aromatic carbocycles. The number of nitrogens with zero attached hydrogens (tertiary/aromatic N) is 1. The van der Waals surface area contributed by atoms with Gasteiger partial charge in [-0.2, -0.15) is 0 Å². The Morgan fingerprint density at radius 1 is 1.00 bits per heavy atom. The summed E-state index contributed by atoms with van der Waals surface area (Å²) >= 11 is 0. The fourth-order valence-electron chi connectivity index (χ4n) is 2.85. The Kier molecular flexibility index (Phi) is 5.62. The number of hydrogen-bond donors (Lipinski definition) is 1. The highest BCUT2D eigenvalue weighted by Crippen LogP contribution is 2.31. The third-order valence-corrected chi connectivity index (χ3v) is 4.35. The lowest BCUT2D eigenvalue weighted by Crippen LogP contribution is -2.73. The van der Waals surface area contributed by atoms with Crippen molar-refractivity contribution in [3.05, 3.63) is 65.7 Å². The number of quaternary nitrogens is 1. The Morgan fingerprint density at radius 2 is 1.65 bits per heavy atom. The monoisotopic (exact) mass is 309 g/mol. The van der Waals surface area contributed by atoms with E-state index in [1.54, 1.807) is 0 Å². The first-order valence-corrected chi connectivity index (χ1v) is 8.27. The van der Waals surface area contributed by atoms with Crippen LogP contribution in [0, 0.1) is 0 Å². The SMILES string of the molecule is C[NH2+]c1ccccc1C(C)(C)C/C=C/c1ccc(N(C)C)cc1. The number of hydrogen-bond acceptors (Lipinski definition) is 1. The van der Waals surface area contributed by atoms with Crippen LogP contribution in [-0.4, -0.2) is 21.1 Å². The average Bonchev–Trinajstić information content (AvgIpc) is 2.55. The van der Waals surface area contributed by atoms with E-state index in [0.717, 1.165) is 6.42 Å².